The average molecular weight is 373 g/mol. The number of carbonyl (C=O) groups is 1. The monoisotopic (exact) mass is 372 g/mol. The van der Waals surface area contributed by atoms with Crippen molar-refractivity contribution in [3.63, 3.8) is 0 Å². The molecule has 5 nitrogen and oxygen atoms in total. The minimum absolute atomic E-state index is 0.0261. The van der Waals surface area contributed by atoms with Crippen LogP contribution in [-0.4, -0.2) is 48.2 Å². The van der Waals surface area contributed by atoms with Crippen LogP contribution in [-0.2, 0) is 14.8 Å². The minimum atomic E-state index is -3.71. The fourth-order valence-electron chi connectivity index (χ4n) is 3.29. The van der Waals surface area contributed by atoms with Crippen molar-refractivity contribution in [3.05, 3.63) is 29.3 Å². The Labute approximate surface area is 149 Å². The number of halogens is 1. The molecule has 2 rings (SSSR count). The zero-order valence-electron chi connectivity index (χ0n) is 14.6. The number of hydrogen-bond acceptors (Lipinski definition) is 3. The number of sulfonamides is 1. The van der Waals surface area contributed by atoms with E-state index in [1.165, 1.54) is 16.4 Å². The number of rotatable bonds is 5. The molecule has 0 bridgehead atoms. The van der Waals surface area contributed by atoms with E-state index in [4.69, 9.17) is 11.6 Å². The number of amides is 1. The van der Waals surface area contributed by atoms with Gasteiger partial charge in [0.1, 0.15) is 6.04 Å². The predicted molar refractivity (Wildman–Crippen MR) is 95.5 cm³/mol. The minimum Gasteiger partial charge on any atom is -0.336 e. The van der Waals surface area contributed by atoms with E-state index < -0.39 is 16.1 Å². The third kappa shape index (κ3) is 3.76. The van der Waals surface area contributed by atoms with Crippen molar-refractivity contribution in [2.24, 2.45) is 0 Å². The fraction of sp³-hybridized carbons (Fsp3) is 0.588. The summed E-state index contributed by atoms with van der Waals surface area (Å²) in [6.07, 6.45) is 1.24. The highest BCUT2D eigenvalue weighted by Crippen LogP contribution is 2.28. The number of carbonyl (C=O) groups excluding carboxylic acids is 1. The van der Waals surface area contributed by atoms with Gasteiger partial charge in [0, 0.05) is 23.7 Å². The molecule has 1 aliphatic rings. The van der Waals surface area contributed by atoms with Gasteiger partial charge < -0.3 is 4.90 Å². The first-order valence-corrected chi connectivity index (χ1v) is 10.1. The maximum absolute atomic E-state index is 13.0. The normalized spacial score (nSPS) is 19.2. The summed E-state index contributed by atoms with van der Waals surface area (Å²) in [5.74, 6) is -0.116. The van der Waals surface area contributed by atoms with Gasteiger partial charge in [0.05, 0.1) is 4.90 Å². The lowest BCUT2D eigenvalue weighted by Crippen LogP contribution is -2.52. The third-order valence-corrected chi connectivity index (χ3v) is 6.45. The van der Waals surface area contributed by atoms with Crippen LogP contribution < -0.4 is 0 Å². The molecule has 0 saturated carbocycles. The highest BCUT2D eigenvalue weighted by molar-refractivity contribution is 7.89. The topological polar surface area (TPSA) is 57.7 Å². The Kier molecular flexibility index (Phi) is 5.94. The van der Waals surface area contributed by atoms with E-state index in [0.29, 0.717) is 24.4 Å². The van der Waals surface area contributed by atoms with Crippen molar-refractivity contribution in [1.82, 2.24) is 9.21 Å². The molecule has 0 radical (unpaired) electrons. The van der Waals surface area contributed by atoms with Gasteiger partial charge in [-0.15, -0.1) is 0 Å². The Morgan fingerprint density at radius 2 is 1.71 bits per heavy atom. The molecule has 0 spiro atoms. The van der Waals surface area contributed by atoms with Crippen molar-refractivity contribution < 1.29 is 13.2 Å². The van der Waals surface area contributed by atoms with E-state index >= 15 is 0 Å². The molecule has 0 aromatic heterocycles. The number of benzene rings is 1. The molecule has 1 aliphatic heterocycles. The Morgan fingerprint density at radius 3 is 2.21 bits per heavy atom. The van der Waals surface area contributed by atoms with Gasteiger partial charge in [0.2, 0.25) is 15.9 Å². The molecule has 1 aromatic carbocycles. The lowest BCUT2D eigenvalue weighted by atomic mass is 10.1. The smallest absolute Gasteiger partial charge is 0.243 e. The highest BCUT2D eigenvalue weighted by Gasteiger charge is 2.42. The first-order valence-electron chi connectivity index (χ1n) is 8.26. The Bertz CT molecular complexity index is 678. The molecule has 1 saturated heterocycles. The second-order valence-electron chi connectivity index (χ2n) is 6.66. The van der Waals surface area contributed by atoms with E-state index in [9.17, 15) is 13.2 Å². The lowest BCUT2D eigenvalue weighted by molar-refractivity contribution is -0.138. The molecule has 7 heteroatoms. The van der Waals surface area contributed by atoms with E-state index in [1.54, 1.807) is 17.0 Å². The highest BCUT2D eigenvalue weighted by atomic mass is 35.5. The quantitative estimate of drug-likeness (QED) is 0.797. The molecule has 1 atom stereocenters. The van der Waals surface area contributed by atoms with Crippen LogP contribution in [0.4, 0.5) is 0 Å². The van der Waals surface area contributed by atoms with Gasteiger partial charge in [-0.05, 0) is 64.8 Å². The van der Waals surface area contributed by atoms with E-state index in [2.05, 4.69) is 0 Å². The Balaban J connectivity index is 2.33. The third-order valence-electron chi connectivity index (χ3n) is 4.28. The van der Waals surface area contributed by atoms with Gasteiger partial charge in [-0.25, -0.2) is 8.42 Å². The molecular weight excluding hydrogens is 348 g/mol. The summed E-state index contributed by atoms with van der Waals surface area (Å²) in [6, 6.07) is 5.50. The zero-order valence-corrected chi connectivity index (χ0v) is 16.1. The van der Waals surface area contributed by atoms with Crippen molar-refractivity contribution in [2.45, 2.75) is 63.6 Å². The van der Waals surface area contributed by atoms with Crippen molar-refractivity contribution in [2.75, 3.05) is 6.54 Å². The first-order chi connectivity index (χ1) is 11.2. The number of nitrogens with zero attached hydrogens (tertiary/aromatic N) is 2. The maximum atomic E-state index is 13.0. The van der Waals surface area contributed by atoms with Gasteiger partial charge >= 0.3 is 0 Å². The lowest BCUT2D eigenvalue weighted by Gasteiger charge is -2.35. The molecule has 1 fully saturated rings. The molecule has 1 amide bonds. The van der Waals surface area contributed by atoms with Crippen LogP contribution in [0.25, 0.3) is 0 Å². The molecule has 134 valence electrons. The zero-order chi connectivity index (χ0) is 18.1. The summed E-state index contributed by atoms with van der Waals surface area (Å²) in [4.78, 5) is 14.9. The predicted octanol–water partition coefficient (Wildman–Crippen LogP) is 3.14. The van der Waals surface area contributed by atoms with Gasteiger partial charge in [-0.3, -0.25) is 4.79 Å². The van der Waals surface area contributed by atoms with Gasteiger partial charge in [-0.2, -0.15) is 4.31 Å². The van der Waals surface area contributed by atoms with Crippen LogP contribution in [0.2, 0.25) is 5.02 Å². The second-order valence-corrected chi connectivity index (χ2v) is 8.99. The summed E-state index contributed by atoms with van der Waals surface area (Å²) in [6.45, 7) is 8.16. The van der Waals surface area contributed by atoms with Crippen LogP contribution in [0.1, 0.15) is 40.5 Å². The molecule has 0 aliphatic carbocycles. The van der Waals surface area contributed by atoms with Gasteiger partial charge in [-0.1, -0.05) is 11.6 Å². The average Bonchev–Trinajstić information content (AvgIpc) is 2.97. The molecule has 0 N–H and O–H groups in total. The van der Waals surface area contributed by atoms with Gasteiger partial charge in [0.25, 0.3) is 0 Å². The van der Waals surface area contributed by atoms with Crippen LogP contribution in [0.5, 0.6) is 0 Å². The largest absolute Gasteiger partial charge is 0.336 e. The number of hydrogen-bond donors (Lipinski definition) is 0. The van der Waals surface area contributed by atoms with Crippen LogP contribution >= 0.6 is 11.6 Å². The standard InChI is InChI=1S/C17H25ClN2O3S/c1-12(2)20(13(3)4)17(21)16-6-5-11-19(16)24(22,23)15-9-7-14(18)8-10-15/h7-10,12-13,16H,5-6,11H2,1-4H3/t16-/m0/s1. The van der Waals surface area contributed by atoms with Crippen LogP contribution in [0.15, 0.2) is 29.2 Å². The maximum Gasteiger partial charge on any atom is 0.243 e. The van der Waals surface area contributed by atoms with E-state index in [1.807, 2.05) is 27.7 Å². The summed E-state index contributed by atoms with van der Waals surface area (Å²) in [5, 5.41) is 0.480. The Morgan fingerprint density at radius 1 is 1.17 bits per heavy atom. The van der Waals surface area contributed by atoms with Crippen molar-refractivity contribution in [3.8, 4) is 0 Å². The molecule has 0 unspecified atom stereocenters. The van der Waals surface area contributed by atoms with Crippen LogP contribution in [0.3, 0.4) is 0 Å². The van der Waals surface area contributed by atoms with Crippen molar-refractivity contribution in [1.29, 1.82) is 0 Å². The Hall–Kier alpha value is -1.11. The summed E-state index contributed by atoms with van der Waals surface area (Å²) >= 11 is 5.84. The molecule has 24 heavy (non-hydrogen) atoms. The molecular formula is C17H25ClN2O3S. The molecule has 1 heterocycles. The SMILES string of the molecule is CC(C)N(C(=O)[C@@H]1CCCN1S(=O)(=O)c1ccc(Cl)cc1)C(C)C. The second kappa shape index (κ2) is 7.42. The summed E-state index contributed by atoms with van der Waals surface area (Å²) in [7, 11) is -3.71. The summed E-state index contributed by atoms with van der Waals surface area (Å²) < 4.78 is 27.2. The van der Waals surface area contributed by atoms with E-state index in [-0.39, 0.29) is 22.9 Å². The van der Waals surface area contributed by atoms with E-state index in [0.717, 1.165) is 0 Å². The first kappa shape index (κ1) is 19.2. The van der Waals surface area contributed by atoms with Crippen LogP contribution in [0, 0.1) is 0 Å². The van der Waals surface area contributed by atoms with Crippen molar-refractivity contribution >= 4 is 27.5 Å². The molecule has 1 aromatic rings. The fourth-order valence-corrected chi connectivity index (χ4v) is 5.07. The van der Waals surface area contributed by atoms with Gasteiger partial charge in [0.15, 0.2) is 0 Å². The summed E-state index contributed by atoms with van der Waals surface area (Å²) in [5.41, 5.74) is 0.